The summed E-state index contributed by atoms with van der Waals surface area (Å²) in [4.78, 5) is 23.1. The fraction of sp³-hybridized carbons (Fsp3) is 0.688. The maximum atomic E-state index is 12.8. The normalized spacial score (nSPS) is 15.1. The molecule has 0 saturated carbocycles. The van der Waals surface area contributed by atoms with Gasteiger partial charge in [-0.15, -0.1) is 0 Å². The topological polar surface area (TPSA) is 105 Å². The highest BCUT2D eigenvalue weighted by atomic mass is 31.2. The van der Waals surface area contributed by atoms with Gasteiger partial charge in [0, 0.05) is 6.42 Å². The minimum absolute atomic E-state index is 0.0409. The van der Waals surface area contributed by atoms with Gasteiger partial charge in [-0.05, 0) is 83.5 Å². The number of nitrogens with one attached hydrogen (secondary N) is 1. The van der Waals surface area contributed by atoms with Crippen LogP contribution in [0.5, 0.6) is 0 Å². The van der Waals surface area contributed by atoms with Gasteiger partial charge in [-0.3, -0.25) is 13.8 Å². The minimum atomic E-state index is -4.37. The molecule has 3 unspecified atom stereocenters. The van der Waals surface area contributed by atoms with E-state index in [1.807, 2.05) is 27.2 Å². The Balaban J connectivity index is 4.58. The molecule has 0 fully saturated rings. The first-order valence-electron chi connectivity index (χ1n) is 22.5. The van der Waals surface area contributed by atoms with Crippen molar-refractivity contribution in [1.29, 1.82) is 0 Å². The van der Waals surface area contributed by atoms with Crippen LogP contribution in [-0.2, 0) is 18.4 Å². The summed E-state index contributed by atoms with van der Waals surface area (Å²) < 4.78 is 23.5. The third-order valence-corrected chi connectivity index (χ3v) is 10.3. The highest BCUT2D eigenvalue weighted by Gasteiger charge is 2.27. The standard InChI is InChI=1S/C48H85N2O6P/c1-6-8-10-12-14-16-18-20-22-23-24-25-26-28-29-31-33-35-37-39-41-47(51)46(45-56-57(53,54)55-44-43-50(3,4)5)49-48(52)42-40-38-36-34-32-30-27-21-19-17-15-13-11-9-7-2/h9,11,15,17,21,25-27,31-34,39,41,46-47,51H,6-8,10,12-14,16,18-20,22-24,28-30,35-38,40,42-45H2,1-5H3,(H-,49,52,53,54)/p+1/b11-9-,17-15-,26-25+,27-21-,33-31+,34-32-,41-39+. The Bertz CT molecular complexity index is 1200. The van der Waals surface area contributed by atoms with Gasteiger partial charge in [0.25, 0.3) is 0 Å². The van der Waals surface area contributed by atoms with Crippen LogP contribution in [0.1, 0.15) is 162 Å². The third kappa shape index (κ3) is 41.6. The number of amides is 1. The molecule has 0 rings (SSSR count). The van der Waals surface area contributed by atoms with E-state index in [0.717, 1.165) is 64.2 Å². The molecule has 0 bridgehead atoms. The average molecular weight is 818 g/mol. The number of aliphatic hydroxyl groups excluding tert-OH is 1. The van der Waals surface area contributed by atoms with Gasteiger partial charge in [0.05, 0.1) is 39.9 Å². The minimum Gasteiger partial charge on any atom is -0.387 e. The van der Waals surface area contributed by atoms with Gasteiger partial charge < -0.3 is 19.8 Å². The van der Waals surface area contributed by atoms with Crippen molar-refractivity contribution in [2.24, 2.45) is 0 Å². The summed E-state index contributed by atoms with van der Waals surface area (Å²) in [5.74, 6) is -0.236. The molecular weight excluding hydrogens is 732 g/mol. The molecule has 0 aromatic carbocycles. The molecule has 0 radical (unpaired) electrons. The molecule has 9 heteroatoms. The van der Waals surface area contributed by atoms with Crippen molar-refractivity contribution in [3.05, 3.63) is 85.1 Å². The molecule has 0 aliphatic heterocycles. The predicted octanol–water partition coefficient (Wildman–Crippen LogP) is 12.6. The van der Waals surface area contributed by atoms with Gasteiger partial charge in [0.15, 0.2) is 0 Å². The van der Waals surface area contributed by atoms with Gasteiger partial charge in [0.1, 0.15) is 13.2 Å². The number of rotatable bonds is 39. The molecule has 328 valence electrons. The maximum absolute atomic E-state index is 12.8. The second kappa shape index (κ2) is 39.2. The van der Waals surface area contributed by atoms with Gasteiger partial charge in [-0.2, -0.15) is 0 Å². The van der Waals surface area contributed by atoms with Crippen LogP contribution in [-0.4, -0.2) is 73.4 Å². The zero-order valence-electron chi connectivity index (χ0n) is 37.0. The molecule has 57 heavy (non-hydrogen) atoms. The van der Waals surface area contributed by atoms with E-state index < -0.39 is 20.0 Å². The van der Waals surface area contributed by atoms with E-state index in [4.69, 9.17) is 9.05 Å². The van der Waals surface area contributed by atoms with Crippen LogP contribution in [0.3, 0.4) is 0 Å². The monoisotopic (exact) mass is 818 g/mol. The van der Waals surface area contributed by atoms with Crippen LogP contribution in [0, 0.1) is 0 Å². The largest absolute Gasteiger partial charge is 0.472 e. The van der Waals surface area contributed by atoms with E-state index in [2.05, 4.69) is 92.1 Å². The number of carbonyl (C=O) groups excluding carboxylic acids is 1. The Hall–Kier alpha value is -2.32. The lowest BCUT2D eigenvalue weighted by molar-refractivity contribution is -0.870. The van der Waals surface area contributed by atoms with E-state index in [-0.39, 0.29) is 25.5 Å². The van der Waals surface area contributed by atoms with Crippen molar-refractivity contribution in [2.75, 3.05) is 40.9 Å². The van der Waals surface area contributed by atoms with Crippen LogP contribution in [0.2, 0.25) is 0 Å². The smallest absolute Gasteiger partial charge is 0.387 e. The van der Waals surface area contributed by atoms with E-state index >= 15 is 0 Å². The number of likely N-dealkylation sites (N-methyl/N-ethyl adjacent to an activating group) is 1. The number of phosphoric ester groups is 1. The molecule has 3 atom stereocenters. The Labute approximate surface area is 350 Å². The zero-order valence-corrected chi connectivity index (χ0v) is 37.9. The van der Waals surface area contributed by atoms with Gasteiger partial charge in [-0.25, -0.2) is 4.57 Å². The number of nitrogens with zero attached hydrogens (tertiary/aromatic N) is 1. The summed E-state index contributed by atoms with van der Waals surface area (Å²) in [6.07, 6.45) is 53.8. The van der Waals surface area contributed by atoms with E-state index in [0.29, 0.717) is 17.4 Å². The van der Waals surface area contributed by atoms with Gasteiger partial charge in [-0.1, -0.05) is 157 Å². The summed E-state index contributed by atoms with van der Waals surface area (Å²) in [7, 11) is 1.50. The first-order valence-corrected chi connectivity index (χ1v) is 24.0. The summed E-state index contributed by atoms with van der Waals surface area (Å²) >= 11 is 0. The lowest BCUT2D eigenvalue weighted by Crippen LogP contribution is -2.45. The number of quaternary nitrogens is 1. The molecule has 0 aromatic rings. The van der Waals surface area contributed by atoms with Crippen LogP contribution in [0.15, 0.2) is 85.1 Å². The molecule has 3 N–H and O–H groups in total. The second-order valence-corrected chi connectivity index (χ2v) is 17.5. The molecule has 1 amide bonds. The quantitative estimate of drug-likeness (QED) is 0.0247. The van der Waals surface area contributed by atoms with Crippen molar-refractivity contribution in [2.45, 2.75) is 174 Å². The van der Waals surface area contributed by atoms with Crippen LogP contribution < -0.4 is 5.32 Å². The summed E-state index contributed by atoms with van der Waals surface area (Å²) in [6.45, 7) is 4.61. The second-order valence-electron chi connectivity index (χ2n) is 16.0. The lowest BCUT2D eigenvalue weighted by Gasteiger charge is -2.25. The molecule has 0 aromatic heterocycles. The van der Waals surface area contributed by atoms with E-state index in [9.17, 15) is 19.4 Å². The Morgan fingerprint density at radius 3 is 1.61 bits per heavy atom. The fourth-order valence-corrected chi connectivity index (χ4v) is 6.50. The van der Waals surface area contributed by atoms with Crippen LogP contribution >= 0.6 is 7.82 Å². The van der Waals surface area contributed by atoms with Crippen molar-refractivity contribution in [3.63, 3.8) is 0 Å². The maximum Gasteiger partial charge on any atom is 0.472 e. The summed E-state index contributed by atoms with van der Waals surface area (Å²) in [5, 5.41) is 13.8. The molecule has 8 nitrogen and oxygen atoms in total. The van der Waals surface area contributed by atoms with Crippen LogP contribution in [0.25, 0.3) is 0 Å². The van der Waals surface area contributed by atoms with E-state index in [1.165, 1.54) is 70.6 Å². The number of hydrogen-bond donors (Lipinski definition) is 3. The first-order chi connectivity index (χ1) is 27.5. The van der Waals surface area contributed by atoms with Crippen molar-refractivity contribution in [3.8, 4) is 0 Å². The molecule has 0 saturated heterocycles. The van der Waals surface area contributed by atoms with Crippen molar-refractivity contribution in [1.82, 2.24) is 5.32 Å². The average Bonchev–Trinajstić information content (AvgIpc) is 3.16. The molecule has 0 aliphatic rings. The Morgan fingerprint density at radius 2 is 1.07 bits per heavy atom. The molecule has 0 aliphatic carbocycles. The molecular formula is C48H86N2O6P+. The Kier molecular flexibility index (Phi) is 37.6. The SMILES string of the molecule is CC/C=C\C/C=C\C/C=C\C/C=C\CCCCC(=O)NC(COP(=O)(O)OCC[N+](C)(C)C)C(O)/C=C/CC/C=C/CC/C=C/CCCCCCCCCCCC. The predicted molar refractivity (Wildman–Crippen MR) is 244 cm³/mol. The zero-order chi connectivity index (χ0) is 42.1. The fourth-order valence-electron chi connectivity index (χ4n) is 5.77. The summed E-state index contributed by atoms with van der Waals surface area (Å²) in [5.41, 5.74) is 0. The number of unbranched alkanes of at least 4 members (excludes halogenated alkanes) is 14. The van der Waals surface area contributed by atoms with Crippen LogP contribution in [0.4, 0.5) is 0 Å². The number of allylic oxidation sites excluding steroid dienone is 13. The number of aliphatic hydroxyl groups is 1. The van der Waals surface area contributed by atoms with Gasteiger partial charge in [0.2, 0.25) is 5.91 Å². The number of carbonyl (C=O) groups is 1. The van der Waals surface area contributed by atoms with Gasteiger partial charge >= 0.3 is 7.82 Å². The Morgan fingerprint density at radius 1 is 0.614 bits per heavy atom. The highest BCUT2D eigenvalue weighted by Crippen LogP contribution is 2.43. The lowest BCUT2D eigenvalue weighted by atomic mass is 10.1. The number of hydrogen-bond acceptors (Lipinski definition) is 5. The third-order valence-electron chi connectivity index (χ3n) is 9.33. The first kappa shape index (κ1) is 54.7. The van der Waals surface area contributed by atoms with E-state index in [1.54, 1.807) is 6.08 Å². The van der Waals surface area contributed by atoms with Crippen molar-refractivity contribution >= 4 is 13.7 Å². The highest BCUT2D eigenvalue weighted by molar-refractivity contribution is 7.47. The molecule has 0 spiro atoms. The number of phosphoric acid groups is 1. The van der Waals surface area contributed by atoms with Crippen molar-refractivity contribution < 1.29 is 32.9 Å². The molecule has 0 heterocycles. The summed E-state index contributed by atoms with van der Waals surface area (Å²) in [6, 6.07) is -0.895.